The van der Waals surface area contributed by atoms with Crippen LogP contribution in [0.4, 0.5) is 0 Å². The highest BCUT2D eigenvalue weighted by Gasteiger charge is 2.31. The number of thiocarbonyl (C=S) groups is 1. The summed E-state index contributed by atoms with van der Waals surface area (Å²) in [5.41, 5.74) is 0.900. The van der Waals surface area contributed by atoms with Crippen LogP contribution in [-0.4, -0.2) is 34.4 Å². The van der Waals surface area contributed by atoms with Crippen LogP contribution in [0, 0.1) is 0 Å². The van der Waals surface area contributed by atoms with E-state index in [1.54, 1.807) is 4.90 Å². The minimum atomic E-state index is -0.0188. The summed E-state index contributed by atoms with van der Waals surface area (Å²) in [5, 5.41) is 0. The Labute approximate surface area is 159 Å². The van der Waals surface area contributed by atoms with Gasteiger partial charge >= 0.3 is 0 Å². The summed E-state index contributed by atoms with van der Waals surface area (Å²) in [7, 11) is 0. The van der Waals surface area contributed by atoms with Crippen LogP contribution >= 0.6 is 24.0 Å². The molecule has 2 rings (SSSR count). The Bertz CT molecular complexity index is 673. The predicted molar refractivity (Wildman–Crippen MR) is 108 cm³/mol. The first kappa shape index (κ1) is 19.8. The SMILES string of the molecule is CCCN1C(=O)/C(=C/c2ccc(O[C@H](C)CC)c(OCC)c2)SC1=S. The molecule has 136 valence electrons. The van der Waals surface area contributed by atoms with Crippen LogP contribution in [-0.2, 0) is 4.79 Å². The highest BCUT2D eigenvalue weighted by Crippen LogP contribution is 2.35. The summed E-state index contributed by atoms with van der Waals surface area (Å²) in [6.45, 7) is 9.30. The van der Waals surface area contributed by atoms with Crippen LogP contribution in [0.25, 0.3) is 6.08 Å². The van der Waals surface area contributed by atoms with Crippen molar-refractivity contribution in [2.45, 2.75) is 46.6 Å². The normalized spacial score (nSPS) is 17.3. The third-order valence-corrected chi connectivity index (χ3v) is 5.17. The summed E-state index contributed by atoms with van der Waals surface area (Å²) in [6, 6.07) is 5.75. The molecule has 0 N–H and O–H groups in total. The fourth-order valence-corrected chi connectivity index (χ4v) is 3.66. The molecular weight excluding hydrogens is 354 g/mol. The van der Waals surface area contributed by atoms with Gasteiger partial charge in [-0.2, -0.15) is 0 Å². The molecule has 4 nitrogen and oxygen atoms in total. The summed E-state index contributed by atoms with van der Waals surface area (Å²) >= 11 is 6.66. The van der Waals surface area contributed by atoms with Crippen molar-refractivity contribution in [3.63, 3.8) is 0 Å². The second kappa shape index (κ2) is 9.25. The molecule has 25 heavy (non-hydrogen) atoms. The van der Waals surface area contributed by atoms with E-state index in [2.05, 4.69) is 6.92 Å². The highest BCUT2D eigenvalue weighted by molar-refractivity contribution is 8.26. The lowest BCUT2D eigenvalue weighted by molar-refractivity contribution is -0.122. The Balaban J connectivity index is 2.26. The van der Waals surface area contributed by atoms with Crippen molar-refractivity contribution in [1.29, 1.82) is 0 Å². The Hall–Kier alpha value is -1.53. The maximum atomic E-state index is 12.5. The van der Waals surface area contributed by atoms with Crippen molar-refractivity contribution in [3.05, 3.63) is 28.7 Å². The molecule has 1 amide bonds. The van der Waals surface area contributed by atoms with E-state index < -0.39 is 0 Å². The van der Waals surface area contributed by atoms with Gasteiger partial charge in [-0.3, -0.25) is 9.69 Å². The number of thioether (sulfide) groups is 1. The van der Waals surface area contributed by atoms with Gasteiger partial charge in [0.15, 0.2) is 11.5 Å². The number of hydrogen-bond donors (Lipinski definition) is 0. The van der Waals surface area contributed by atoms with Crippen molar-refractivity contribution in [2.75, 3.05) is 13.2 Å². The zero-order chi connectivity index (χ0) is 18.4. The Morgan fingerprint density at radius 3 is 2.68 bits per heavy atom. The van der Waals surface area contributed by atoms with Crippen molar-refractivity contribution in [1.82, 2.24) is 4.90 Å². The average molecular weight is 380 g/mol. The maximum absolute atomic E-state index is 12.5. The zero-order valence-corrected chi connectivity index (χ0v) is 16.8. The average Bonchev–Trinajstić information content (AvgIpc) is 2.85. The molecule has 0 aromatic heterocycles. The first-order chi connectivity index (χ1) is 12.0. The number of hydrogen-bond acceptors (Lipinski definition) is 5. The van der Waals surface area contributed by atoms with Crippen LogP contribution in [0.3, 0.4) is 0 Å². The van der Waals surface area contributed by atoms with E-state index in [1.165, 1.54) is 11.8 Å². The van der Waals surface area contributed by atoms with Gasteiger partial charge in [0.25, 0.3) is 5.91 Å². The van der Waals surface area contributed by atoms with E-state index in [0.717, 1.165) is 24.2 Å². The fraction of sp³-hybridized carbons (Fsp3) is 0.474. The summed E-state index contributed by atoms with van der Waals surface area (Å²) in [4.78, 5) is 14.8. The quantitative estimate of drug-likeness (QED) is 0.476. The van der Waals surface area contributed by atoms with Crippen molar-refractivity contribution in [2.24, 2.45) is 0 Å². The molecule has 0 spiro atoms. The van der Waals surface area contributed by atoms with Gasteiger partial charge in [-0.15, -0.1) is 0 Å². The van der Waals surface area contributed by atoms with E-state index in [-0.39, 0.29) is 12.0 Å². The molecule has 6 heteroatoms. The van der Waals surface area contributed by atoms with E-state index in [4.69, 9.17) is 21.7 Å². The molecule has 0 aliphatic carbocycles. The van der Waals surface area contributed by atoms with Crippen molar-refractivity contribution >= 4 is 40.3 Å². The standard InChI is InChI=1S/C19H25NO3S2/c1-5-10-20-18(21)17(25-19(20)24)12-14-8-9-15(23-13(4)6-2)16(11-14)22-7-3/h8-9,11-13H,5-7,10H2,1-4H3/b17-12-/t13-/m1/s1. The van der Waals surface area contributed by atoms with Gasteiger partial charge in [-0.1, -0.05) is 43.9 Å². The molecule has 1 aromatic carbocycles. The smallest absolute Gasteiger partial charge is 0.266 e. The topological polar surface area (TPSA) is 38.8 Å². The number of nitrogens with zero attached hydrogens (tertiary/aromatic N) is 1. The first-order valence-electron chi connectivity index (χ1n) is 8.68. The van der Waals surface area contributed by atoms with E-state index >= 15 is 0 Å². The molecule has 1 aromatic rings. The molecular formula is C19H25NO3S2. The molecule has 0 saturated carbocycles. The van der Waals surface area contributed by atoms with Crippen molar-refractivity contribution in [3.8, 4) is 11.5 Å². The van der Waals surface area contributed by atoms with Gasteiger partial charge in [0, 0.05) is 6.54 Å². The van der Waals surface area contributed by atoms with Gasteiger partial charge in [0.2, 0.25) is 0 Å². The third-order valence-electron chi connectivity index (χ3n) is 3.79. The summed E-state index contributed by atoms with van der Waals surface area (Å²) in [6.07, 6.45) is 3.79. The van der Waals surface area contributed by atoms with E-state index in [9.17, 15) is 4.79 Å². The van der Waals surface area contributed by atoms with Crippen molar-refractivity contribution < 1.29 is 14.3 Å². The lowest BCUT2D eigenvalue weighted by Gasteiger charge is -2.16. The number of carbonyl (C=O) groups is 1. The predicted octanol–water partition coefficient (Wildman–Crippen LogP) is 4.87. The summed E-state index contributed by atoms with van der Waals surface area (Å²) in [5.74, 6) is 1.40. The summed E-state index contributed by atoms with van der Waals surface area (Å²) < 4.78 is 12.3. The minimum Gasteiger partial charge on any atom is -0.490 e. The van der Waals surface area contributed by atoms with Crippen LogP contribution < -0.4 is 9.47 Å². The molecule has 0 radical (unpaired) electrons. The van der Waals surface area contributed by atoms with Crippen LogP contribution in [0.2, 0.25) is 0 Å². The van der Waals surface area contributed by atoms with Gasteiger partial charge in [0.1, 0.15) is 4.32 Å². The van der Waals surface area contributed by atoms with Gasteiger partial charge in [-0.25, -0.2) is 0 Å². The highest BCUT2D eigenvalue weighted by atomic mass is 32.2. The molecule has 1 fully saturated rings. The second-order valence-corrected chi connectivity index (χ2v) is 7.49. The fourth-order valence-electron chi connectivity index (χ4n) is 2.35. The third kappa shape index (κ3) is 4.98. The molecule has 1 atom stereocenters. The number of carbonyl (C=O) groups excluding carboxylic acids is 1. The Morgan fingerprint density at radius 1 is 1.28 bits per heavy atom. The molecule has 1 aliphatic rings. The Kier molecular flexibility index (Phi) is 7.32. The number of benzene rings is 1. The van der Waals surface area contributed by atoms with Gasteiger partial charge in [-0.05, 0) is 50.5 Å². The molecule has 1 aliphatic heterocycles. The molecule has 0 unspecified atom stereocenters. The zero-order valence-electron chi connectivity index (χ0n) is 15.2. The molecule has 0 bridgehead atoms. The van der Waals surface area contributed by atoms with E-state index in [1.807, 2.05) is 45.0 Å². The lowest BCUT2D eigenvalue weighted by Crippen LogP contribution is -2.28. The number of ether oxygens (including phenoxy) is 2. The lowest BCUT2D eigenvalue weighted by atomic mass is 10.1. The van der Waals surface area contributed by atoms with Crippen LogP contribution in [0.1, 0.15) is 46.1 Å². The minimum absolute atomic E-state index is 0.0188. The maximum Gasteiger partial charge on any atom is 0.266 e. The van der Waals surface area contributed by atoms with Crippen LogP contribution in [0.15, 0.2) is 23.1 Å². The largest absolute Gasteiger partial charge is 0.490 e. The first-order valence-corrected chi connectivity index (χ1v) is 9.91. The molecule has 1 saturated heterocycles. The number of rotatable bonds is 8. The molecule has 1 heterocycles. The van der Waals surface area contributed by atoms with E-state index in [0.29, 0.717) is 28.1 Å². The second-order valence-electron chi connectivity index (χ2n) is 5.81. The Morgan fingerprint density at radius 2 is 2.04 bits per heavy atom. The van der Waals surface area contributed by atoms with Gasteiger partial charge < -0.3 is 9.47 Å². The van der Waals surface area contributed by atoms with Gasteiger partial charge in [0.05, 0.1) is 17.6 Å². The monoisotopic (exact) mass is 379 g/mol. The number of amides is 1. The van der Waals surface area contributed by atoms with Crippen LogP contribution in [0.5, 0.6) is 11.5 Å².